The molecule has 4 rings (SSSR count). The van der Waals surface area contributed by atoms with Gasteiger partial charge in [0, 0.05) is 44.8 Å². The Labute approximate surface area is 170 Å². The van der Waals surface area contributed by atoms with E-state index in [0.29, 0.717) is 6.54 Å². The van der Waals surface area contributed by atoms with Gasteiger partial charge in [-0.2, -0.15) is 0 Å². The van der Waals surface area contributed by atoms with Gasteiger partial charge in [0.1, 0.15) is 17.3 Å². The third-order valence-electron chi connectivity index (χ3n) is 4.97. The number of nitrogens with zero attached hydrogens (tertiary/aromatic N) is 3. The highest BCUT2D eigenvalue weighted by Crippen LogP contribution is 2.23. The van der Waals surface area contributed by atoms with E-state index < -0.39 is 0 Å². The first-order valence-corrected chi connectivity index (χ1v) is 9.74. The van der Waals surface area contributed by atoms with E-state index in [1.165, 1.54) is 0 Å². The SMILES string of the molecule is Cn1ccnc1C1CNCCN1CC(=O)Nc1ccc(Oc2ccccc2)cc1. The number of imidazole rings is 1. The van der Waals surface area contributed by atoms with Gasteiger partial charge in [-0.1, -0.05) is 18.2 Å². The van der Waals surface area contributed by atoms with Crippen LogP contribution in [0, 0.1) is 0 Å². The monoisotopic (exact) mass is 391 g/mol. The molecule has 7 heteroatoms. The van der Waals surface area contributed by atoms with Crippen LogP contribution < -0.4 is 15.4 Å². The second kappa shape index (κ2) is 8.89. The van der Waals surface area contributed by atoms with E-state index in [0.717, 1.165) is 42.6 Å². The van der Waals surface area contributed by atoms with E-state index in [9.17, 15) is 4.79 Å². The summed E-state index contributed by atoms with van der Waals surface area (Å²) >= 11 is 0. The number of hydrogen-bond donors (Lipinski definition) is 2. The van der Waals surface area contributed by atoms with Gasteiger partial charge in [0.25, 0.3) is 0 Å². The molecule has 2 aromatic carbocycles. The quantitative estimate of drug-likeness (QED) is 0.676. The Balaban J connectivity index is 1.35. The van der Waals surface area contributed by atoms with Gasteiger partial charge in [0.15, 0.2) is 0 Å². The number of aryl methyl sites for hydroxylation is 1. The lowest BCUT2D eigenvalue weighted by atomic mass is 10.1. The summed E-state index contributed by atoms with van der Waals surface area (Å²) in [5, 5.41) is 6.37. The fraction of sp³-hybridized carbons (Fsp3) is 0.273. The van der Waals surface area contributed by atoms with Gasteiger partial charge >= 0.3 is 0 Å². The number of benzene rings is 2. The highest BCUT2D eigenvalue weighted by Gasteiger charge is 2.28. The smallest absolute Gasteiger partial charge is 0.238 e. The summed E-state index contributed by atoms with van der Waals surface area (Å²) in [4.78, 5) is 19.3. The maximum Gasteiger partial charge on any atom is 0.238 e. The summed E-state index contributed by atoms with van der Waals surface area (Å²) in [5.74, 6) is 2.43. The molecule has 1 fully saturated rings. The maximum atomic E-state index is 12.6. The molecule has 1 atom stereocenters. The van der Waals surface area contributed by atoms with E-state index in [1.807, 2.05) is 72.4 Å². The van der Waals surface area contributed by atoms with Gasteiger partial charge in [-0.05, 0) is 36.4 Å². The number of carbonyl (C=O) groups excluding carboxylic acids is 1. The number of para-hydroxylation sites is 1. The van der Waals surface area contributed by atoms with Crippen molar-refractivity contribution in [2.45, 2.75) is 6.04 Å². The number of hydrogen-bond acceptors (Lipinski definition) is 5. The highest BCUT2D eigenvalue weighted by atomic mass is 16.5. The van der Waals surface area contributed by atoms with E-state index in [1.54, 1.807) is 6.20 Å². The van der Waals surface area contributed by atoms with E-state index in [4.69, 9.17) is 4.74 Å². The third-order valence-corrected chi connectivity index (χ3v) is 4.97. The van der Waals surface area contributed by atoms with Crippen LogP contribution in [0.3, 0.4) is 0 Å². The molecule has 0 radical (unpaired) electrons. The Morgan fingerprint density at radius 1 is 1.17 bits per heavy atom. The van der Waals surface area contributed by atoms with Crippen LogP contribution in [0.5, 0.6) is 11.5 Å². The minimum absolute atomic E-state index is 0.0390. The topological polar surface area (TPSA) is 71.4 Å². The molecule has 0 bridgehead atoms. The van der Waals surface area contributed by atoms with Gasteiger partial charge < -0.3 is 19.9 Å². The summed E-state index contributed by atoms with van der Waals surface area (Å²) in [6.45, 7) is 2.76. The molecule has 1 unspecified atom stereocenters. The molecule has 2 heterocycles. The van der Waals surface area contributed by atoms with Crippen LogP contribution in [-0.2, 0) is 11.8 Å². The average molecular weight is 391 g/mol. The zero-order valence-corrected chi connectivity index (χ0v) is 16.4. The fourth-order valence-corrected chi connectivity index (χ4v) is 3.50. The molecule has 7 nitrogen and oxygen atoms in total. The highest BCUT2D eigenvalue weighted by molar-refractivity contribution is 5.92. The predicted octanol–water partition coefficient (Wildman–Crippen LogP) is 2.80. The predicted molar refractivity (Wildman–Crippen MR) is 112 cm³/mol. The molecule has 1 aliphatic heterocycles. The number of nitrogens with one attached hydrogen (secondary N) is 2. The largest absolute Gasteiger partial charge is 0.457 e. The van der Waals surface area contributed by atoms with Crippen molar-refractivity contribution in [3.05, 3.63) is 72.8 Å². The second-order valence-corrected chi connectivity index (χ2v) is 7.07. The van der Waals surface area contributed by atoms with Crippen molar-refractivity contribution in [1.29, 1.82) is 0 Å². The van der Waals surface area contributed by atoms with Crippen LogP contribution in [0.1, 0.15) is 11.9 Å². The van der Waals surface area contributed by atoms with Crippen LogP contribution in [-0.4, -0.2) is 46.5 Å². The zero-order valence-electron chi connectivity index (χ0n) is 16.4. The molecular weight excluding hydrogens is 366 g/mol. The molecule has 150 valence electrons. The second-order valence-electron chi connectivity index (χ2n) is 7.07. The van der Waals surface area contributed by atoms with Crippen molar-refractivity contribution < 1.29 is 9.53 Å². The van der Waals surface area contributed by atoms with Crippen molar-refractivity contribution in [2.75, 3.05) is 31.5 Å². The van der Waals surface area contributed by atoms with Gasteiger partial charge in [-0.3, -0.25) is 9.69 Å². The molecule has 29 heavy (non-hydrogen) atoms. The summed E-state index contributed by atoms with van der Waals surface area (Å²) in [6.07, 6.45) is 3.72. The van der Waals surface area contributed by atoms with Crippen LogP contribution in [0.15, 0.2) is 67.0 Å². The minimum atomic E-state index is -0.0390. The number of anilines is 1. The van der Waals surface area contributed by atoms with E-state index in [2.05, 4.69) is 20.5 Å². The Kier molecular flexibility index (Phi) is 5.88. The first kappa shape index (κ1) is 19.2. The normalized spacial score (nSPS) is 17.1. The van der Waals surface area contributed by atoms with Crippen molar-refractivity contribution in [2.24, 2.45) is 7.05 Å². The zero-order chi connectivity index (χ0) is 20.1. The van der Waals surface area contributed by atoms with E-state index in [-0.39, 0.29) is 11.9 Å². The lowest BCUT2D eigenvalue weighted by molar-refractivity contribution is -0.118. The lowest BCUT2D eigenvalue weighted by Crippen LogP contribution is -2.49. The molecule has 0 spiro atoms. The summed E-state index contributed by atoms with van der Waals surface area (Å²) < 4.78 is 7.80. The molecule has 1 saturated heterocycles. The minimum Gasteiger partial charge on any atom is -0.457 e. The number of rotatable bonds is 6. The average Bonchev–Trinajstić information content (AvgIpc) is 3.16. The Hall–Kier alpha value is -3.16. The van der Waals surface area contributed by atoms with E-state index >= 15 is 0 Å². The molecule has 0 saturated carbocycles. The van der Waals surface area contributed by atoms with Gasteiger partial charge in [0.2, 0.25) is 5.91 Å². The van der Waals surface area contributed by atoms with Crippen LogP contribution in [0.25, 0.3) is 0 Å². The van der Waals surface area contributed by atoms with Gasteiger partial charge in [0.05, 0.1) is 12.6 Å². The Bertz CT molecular complexity index is 939. The fourth-order valence-electron chi connectivity index (χ4n) is 3.50. The molecule has 1 aromatic heterocycles. The van der Waals surface area contributed by atoms with Crippen LogP contribution in [0.4, 0.5) is 5.69 Å². The lowest BCUT2D eigenvalue weighted by Gasteiger charge is -2.35. The van der Waals surface area contributed by atoms with Crippen LogP contribution in [0.2, 0.25) is 0 Å². The number of piperazine rings is 1. The van der Waals surface area contributed by atoms with Crippen molar-refractivity contribution in [1.82, 2.24) is 19.8 Å². The standard InChI is InChI=1S/C22H25N5O2/c1-26-13-12-24-22(26)20-15-23-11-14-27(20)16-21(28)25-17-7-9-19(10-8-17)29-18-5-3-2-4-6-18/h2-10,12-13,20,23H,11,14-16H2,1H3,(H,25,28). The van der Waals surface area contributed by atoms with Gasteiger partial charge in [-0.15, -0.1) is 0 Å². The molecular formula is C22H25N5O2. The number of carbonyl (C=O) groups is 1. The molecule has 1 aliphatic rings. The summed E-state index contributed by atoms with van der Waals surface area (Å²) in [7, 11) is 1.98. The van der Waals surface area contributed by atoms with Crippen molar-refractivity contribution in [3.63, 3.8) is 0 Å². The van der Waals surface area contributed by atoms with Crippen LogP contribution >= 0.6 is 0 Å². The number of ether oxygens (including phenoxy) is 1. The first-order chi connectivity index (χ1) is 14.2. The molecule has 3 aromatic rings. The van der Waals surface area contributed by atoms with Gasteiger partial charge in [-0.25, -0.2) is 4.98 Å². The summed E-state index contributed by atoms with van der Waals surface area (Å²) in [6, 6.07) is 17.1. The third kappa shape index (κ3) is 4.82. The van der Waals surface area contributed by atoms with Crippen molar-refractivity contribution in [3.8, 4) is 11.5 Å². The Morgan fingerprint density at radius 2 is 1.93 bits per heavy atom. The molecule has 2 N–H and O–H groups in total. The maximum absolute atomic E-state index is 12.6. The Morgan fingerprint density at radius 3 is 2.66 bits per heavy atom. The number of amides is 1. The molecule has 1 amide bonds. The van der Waals surface area contributed by atoms with Crippen molar-refractivity contribution >= 4 is 11.6 Å². The summed E-state index contributed by atoms with van der Waals surface area (Å²) in [5.41, 5.74) is 0.749. The molecule has 0 aliphatic carbocycles. The first-order valence-electron chi connectivity index (χ1n) is 9.74. The number of aromatic nitrogens is 2.